The van der Waals surface area contributed by atoms with E-state index in [1.165, 1.54) is 0 Å². The summed E-state index contributed by atoms with van der Waals surface area (Å²) in [6.07, 6.45) is -4.74. The van der Waals surface area contributed by atoms with E-state index < -0.39 is 15.8 Å². The molecule has 60 valence electrons. The van der Waals surface area contributed by atoms with Crippen LogP contribution in [-0.4, -0.2) is 15.8 Å². The highest BCUT2D eigenvalue weighted by molar-refractivity contribution is 6.55. The Hall–Kier alpha value is 0.620. The van der Waals surface area contributed by atoms with Crippen molar-refractivity contribution in [2.24, 2.45) is 0 Å². The Morgan fingerprint density at radius 1 is 1.10 bits per heavy atom. The molecule has 0 saturated carbocycles. The molecule has 1 aliphatic rings. The first-order chi connectivity index (χ1) is 4.21. The second-order valence-electron chi connectivity index (χ2n) is 1.71. The molecule has 1 fully saturated rings. The van der Waals surface area contributed by atoms with Gasteiger partial charge >= 0.3 is 6.18 Å². The topological polar surface area (TPSA) is 12.5 Å². The summed E-state index contributed by atoms with van der Waals surface area (Å²) >= 11 is 14.6. The molecular weight excluding hydrogens is 215 g/mol. The van der Waals surface area contributed by atoms with Crippen LogP contribution in [0.1, 0.15) is 0 Å². The van der Waals surface area contributed by atoms with Crippen molar-refractivity contribution in [3.63, 3.8) is 0 Å². The molecule has 1 rings (SSSR count). The molecule has 1 atom stereocenters. The normalized spacial score (nSPS) is 37.8. The Balaban J connectivity index is 2.78. The van der Waals surface area contributed by atoms with Crippen LogP contribution >= 0.6 is 34.8 Å². The fourth-order valence-corrected chi connectivity index (χ4v) is 1.01. The van der Waals surface area contributed by atoms with E-state index in [2.05, 4.69) is 4.74 Å². The minimum atomic E-state index is -4.74. The first-order valence-electron chi connectivity index (χ1n) is 2.04. The first-order valence-corrected chi connectivity index (χ1v) is 3.18. The van der Waals surface area contributed by atoms with Crippen molar-refractivity contribution in [3.8, 4) is 0 Å². The molecule has 0 N–H and O–H groups in total. The molecular formula is C3Cl3F3O. The molecule has 0 aromatic rings. The van der Waals surface area contributed by atoms with E-state index in [0.717, 1.165) is 0 Å². The maximum absolute atomic E-state index is 11.7. The minimum absolute atomic E-state index is 2.33. The molecule has 1 unspecified atom stereocenters. The lowest BCUT2D eigenvalue weighted by molar-refractivity contribution is -0.159. The lowest BCUT2D eigenvalue weighted by Gasteiger charge is -2.07. The van der Waals surface area contributed by atoms with Crippen molar-refractivity contribution < 1.29 is 17.9 Å². The SMILES string of the molecule is FC(F)(F)C1(Cl)OC1(Cl)Cl. The molecule has 10 heavy (non-hydrogen) atoms. The molecule has 7 heteroatoms. The summed E-state index contributed by atoms with van der Waals surface area (Å²) in [7, 11) is 0. The van der Waals surface area contributed by atoms with Crippen LogP contribution in [0, 0.1) is 0 Å². The molecule has 1 nitrogen and oxygen atoms in total. The van der Waals surface area contributed by atoms with Gasteiger partial charge in [-0.1, -0.05) is 34.8 Å². The van der Waals surface area contributed by atoms with Gasteiger partial charge in [0.05, 0.1) is 0 Å². The maximum Gasteiger partial charge on any atom is 0.437 e. The van der Waals surface area contributed by atoms with Crippen molar-refractivity contribution in [1.82, 2.24) is 0 Å². The predicted molar refractivity (Wildman–Crippen MR) is 30.2 cm³/mol. The van der Waals surface area contributed by atoms with Gasteiger partial charge in [-0.05, 0) is 0 Å². The highest BCUT2D eigenvalue weighted by Gasteiger charge is 2.83. The lowest BCUT2D eigenvalue weighted by atomic mass is 10.4. The van der Waals surface area contributed by atoms with Crippen LogP contribution in [0.2, 0.25) is 0 Å². The smallest absolute Gasteiger partial charge is 0.307 e. The lowest BCUT2D eigenvalue weighted by Crippen LogP contribution is -2.30. The fourth-order valence-electron chi connectivity index (χ4n) is 0.374. The summed E-state index contributed by atoms with van der Waals surface area (Å²) in [6, 6.07) is 0. The van der Waals surface area contributed by atoms with E-state index in [1.54, 1.807) is 0 Å². The Morgan fingerprint density at radius 2 is 1.40 bits per heavy atom. The number of hydrogen-bond acceptors (Lipinski definition) is 1. The third-order valence-electron chi connectivity index (χ3n) is 0.966. The number of rotatable bonds is 0. The second kappa shape index (κ2) is 1.86. The summed E-state index contributed by atoms with van der Waals surface area (Å²) in [5.41, 5.74) is 0. The molecule has 0 radical (unpaired) electrons. The Bertz CT molecular complexity index is 167. The van der Waals surface area contributed by atoms with E-state index in [4.69, 9.17) is 34.8 Å². The summed E-state index contributed by atoms with van der Waals surface area (Å²) in [5, 5.41) is -2.91. The van der Waals surface area contributed by atoms with Gasteiger partial charge in [0, 0.05) is 0 Å². The van der Waals surface area contributed by atoms with Crippen molar-refractivity contribution in [3.05, 3.63) is 0 Å². The van der Waals surface area contributed by atoms with Crippen molar-refractivity contribution in [2.45, 2.75) is 15.8 Å². The highest BCUT2D eigenvalue weighted by Crippen LogP contribution is 2.64. The summed E-state index contributed by atoms with van der Waals surface area (Å²) < 4.78 is 36.6. The van der Waals surface area contributed by atoms with E-state index in [0.29, 0.717) is 0 Å². The van der Waals surface area contributed by atoms with Crippen molar-refractivity contribution in [1.29, 1.82) is 0 Å². The van der Waals surface area contributed by atoms with Gasteiger partial charge in [-0.2, -0.15) is 13.2 Å². The predicted octanol–water partition coefficient (Wildman–Crippen LogP) is 2.65. The molecule has 0 amide bonds. The number of hydrogen-bond donors (Lipinski definition) is 0. The molecule has 0 aromatic heterocycles. The standard InChI is InChI=1S/C3Cl3F3O/c4-1(3(7,8)9)2(5,6)10-1. The number of epoxide rings is 1. The summed E-state index contributed by atoms with van der Waals surface area (Å²) in [5.74, 6) is 0. The summed E-state index contributed by atoms with van der Waals surface area (Å²) in [4.78, 5) is 0. The van der Waals surface area contributed by atoms with E-state index >= 15 is 0 Å². The third kappa shape index (κ3) is 0.978. The van der Waals surface area contributed by atoms with Gasteiger partial charge in [0.15, 0.2) is 0 Å². The molecule has 1 heterocycles. The van der Waals surface area contributed by atoms with Crippen molar-refractivity contribution in [2.75, 3.05) is 0 Å². The van der Waals surface area contributed by atoms with Crippen LogP contribution < -0.4 is 0 Å². The fraction of sp³-hybridized carbons (Fsp3) is 1.00. The van der Waals surface area contributed by atoms with Crippen molar-refractivity contribution >= 4 is 34.8 Å². The zero-order chi connectivity index (χ0) is 8.21. The van der Waals surface area contributed by atoms with E-state index in [-0.39, 0.29) is 0 Å². The van der Waals surface area contributed by atoms with E-state index in [9.17, 15) is 13.2 Å². The molecule has 0 spiro atoms. The molecule has 0 aromatic carbocycles. The quantitative estimate of drug-likeness (QED) is 0.447. The van der Waals surface area contributed by atoms with E-state index in [1.807, 2.05) is 0 Å². The first kappa shape index (κ1) is 8.71. The Kier molecular flexibility index (Phi) is 1.62. The second-order valence-corrected chi connectivity index (χ2v) is 3.50. The van der Waals surface area contributed by atoms with Gasteiger partial charge in [-0.25, -0.2) is 0 Å². The minimum Gasteiger partial charge on any atom is -0.307 e. The van der Waals surface area contributed by atoms with Gasteiger partial charge in [-0.15, -0.1) is 0 Å². The van der Waals surface area contributed by atoms with Crippen LogP contribution in [0.4, 0.5) is 13.2 Å². The summed E-state index contributed by atoms with van der Waals surface area (Å²) in [6.45, 7) is 0. The van der Waals surface area contributed by atoms with Crippen LogP contribution in [-0.2, 0) is 4.74 Å². The zero-order valence-corrected chi connectivity index (χ0v) is 6.44. The van der Waals surface area contributed by atoms with Crippen LogP contribution in [0.5, 0.6) is 0 Å². The van der Waals surface area contributed by atoms with Gasteiger partial charge in [-0.3, -0.25) is 0 Å². The van der Waals surface area contributed by atoms with Gasteiger partial charge in [0.1, 0.15) is 0 Å². The molecule has 1 saturated heterocycles. The zero-order valence-electron chi connectivity index (χ0n) is 4.18. The molecule has 0 bridgehead atoms. The van der Waals surface area contributed by atoms with Gasteiger partial charge < -0.3 is 4.74 Å². The third-order valence-corrected chi connectivity index (χ3v) is 2.40. The largest absolute Gasteiger partial charge is 0.437 e. The van der Waals surface area contributed by atoms with Crippen LogP contribution in [0.25, 0.3) is 0 Å². The van der Waals surface area contributed by atoms with Gasteiger partial charge in [0.25, 0.3) is 9.58 Å². The number of alkyl halides is 6. The molecule has 1 aliphatic heterocycles. The highest BCUT2D eigenvalue weighted by atomic mass is 35.5. The Labute approximate surface area is 69.0 Å². The monoisotopic (exact) mass is 214 g/mol. The van der Waals surface area contributed by atoms with Gasteiger partial charge in [0.2, 0.25) is 0 Å². The van der Waals surface area contributed by atoms with Crippen LogP contribution in [0.15, 0.2) is 0 Å². The Morgan fingerprint density at radius 3 is 1.40 bits per heavy atom. The average molecular weight is 215 g/mol. The number of halogens is 6. The number of ether oxygens (including phenoxy) is 1. The molecule has 0 aliphatic carbocycles. The van der Waals surface area contributed by atoms with Crippen LogP contribution in [0.3, 0.4) is 0 Å². The average Bonchev–Trinajstić information content (AvgIpc) is 2.05. The maximum atomic E-state index is 11.7.